The highest BCUT2D eigenvalue weighted by molar-refractivity contribution is 5.95. The zero-order valence-corrected chi connectivity index (χ0v) is 17.7. The minimum absolute atomic E-state index is 0.0398. The molecule has 4 aromatic rings. The lowest BCUT2D eigenvalue weighted by molar-refractivity contribution is 0.0722. The van der Waals surface area contributed by atoms with E-state index in [0.717, 1.165) is 33.8 Å². The van der Waals surface area contributed by atoms with E-state index in [1.165, 1.54) is 0 Å². The molecular formula is C26H23N3O3. The minimum Gasteiger partial charge on any atom is -0.508 e. The van der Waals surface area contributed by atoms with Crippen molar-refractivity contribution in [3.63, 3.8) is 0 Å². The number of rotatable bonds is 4. The van der Waals surface area contributed by atoms with Crippen LogP contribution in [0.4, 0.5) is 0 Å². The molecule has 32 heavy (non-hydrogen) atoms. The second kappa shape index (κ2) is 8.23. The predicted molar refractivity (Wildman–Crippen MR) is 122 cm³/mol. The van der Waals surface area contributed by atoms with E-state index >= 15 is 0 Å². The average Bonchev–Trinajstić information content (AvgIpc) is 3.32. The third-order valence-corrected chi connectivity index (χ3v) is 5.94. The molecule has 0 spiro atoms. The standard InChI is InChI=1S/C26H23N3O3/c1-32-24-8-3-2-7-21(24)17-9-11-18(12-10-17)26(31)29-14-22(19-5-4-6-20(30)13-19)25-23(15-29)27-16-28-25/h2-13,16,22,30H,14-15H2,1H3,(H,27,28). The Morgan fingerprint density at radius 2 is 1.91 bits per heavy atom. The molecule has 160 valence electrons. The molecule has 1 atom stereocenters. The van der Waals surface area contributed by atoms with E-state index in [2.05, 4.69) is 9.97 Å². The maximum absolute atomic E-state index is 13.4. The van der Waals surface area contributed by atoms with E-state index in [9.17, 15) is 9.90 Å². The molecule has 1 aliphatic heterocycles. The highest BCUT2D eigenvalue weighted by Gasteiger charge is 2.32. The lowest BCUT2D eigenvalue weighted by atomic mass is 9.90. The largest absolute Gasteiger partial charge is 0.508 e. The van der Waals surface area contributed by atoms with Gasteiger partial charge in [-0.05, 0) is 41.5 Å². The molecule has 3 aromatic carbocycles. The fraction of sp³-hybridized carbons (Fsp3) is 0.154. The fourth-order valence-corrected chi connectivity index (χ4v) is 4.34. The molecule has 0 saturated carbocycles. The van der Waals surface area contributed by atoms with Crippen LogP contribution in [-0.4, -0.2) is 39.5 Å². The van der Waals surface area contributed by atoms with Crippen LogP contribution in [0.5, 0.6) is 11.5 Å². The van der Waals surface area contributed by atoms with Gasteiger partial charge in [0.25, 0.3) is 5.91 Å². The number of ether oxygens (including phenoxy) is 1. The molecule has 6 heteroatoms. The van der Waals surface area contributed by atoms with Gasteiger partial charge in [0, 0.05) is 23.6 Å². The number of carbonyl (C=O) groups is 1. The van der Waals surface area contributed by atoms with Gasteiger partial charge < -0.3 is 19.7 Å². The molecular weight excluding hydrogens is 402 g/mol. The molecule has 1 aromatic heterocycles. The number of aromatic nitrogens is 2. The number of benzene rings is 3. The first kappa shape index (κ1) is 19.9. The summed E-state index contributed by atoms with van der Waals surface area (Å²) in [7, 11) is 1.65. The molecule has 1 aliphatic rings. The number of fused-ring (bicyclic) bond motifs is 1. The van der Waals surface area contributed by atoms with E-state index in [1.54, 1.807) is 25.6 Å². The normalized spacial score (nSPS) is 15.3. The van der Waals surface area contributed by atoms with Crippen molar-refractivity contribution in [3.05, 3.63) is 102 Å². The number of nitrogens with zero attached hydrogens (tertiary/aromatic N) is 2. The molecule has 0 saturated heterocycles. The summed E-state index contributed by atoms with van der Waals surface area (Å²) in [6, 6.07) is 22.6. The van der Waals surface area contributed by atoms with Gasteiger partial charge in [-0.3, -0.25) is 4.79 Å². The number of H-pyrrole nitrogens is 1. The second-order valence-electron chi connectivity index (χ2n) is 7.88. The SMILES string of the molecule is COc1ccccc1-c1ccc(C(=O)N2Cc3[nH]cnc3C(c3cccc(O)c3)C2)cc1. The number of carbonyl (C=O) groups excluding carboxylic acids is 1. The third-order valence-electron chi connectivity index (χ3n) is 5.94. The van der Waals surface area contributed by atoms with Crippen molar-refractivity contribution in [1.82, 2.24) is 14.9 Å². The van der Waals surface area contributed by atoms with Crippen LogP contribution in [0.25, 0.3) is 11.1 Å². The van der Waals surface area contributed by atoms with Gasteiger partial charge in [0.05, 0.1) is 31.4 Å². The summed E-state index contributed by atoms with van der Waals surface area (Å²) < 4.78 is 5.46. The topological polar surface area (TPSA) is 78.5 Å². The van der Waals surface area contributed by atoms with Crippen molar-refractivity contribution < 1.29 is 14.6 Å². The fourth-order valence-electron chi connectivity index (χ4n) is 4.34. The van der Waals surface area contributed by atoms with Gasteiger partial charge in [-0.25, -0.2) is 4.98 Å². The Hall–Kier alpha value is -4.06. The summed E-state index contributed by atoms with van der Waals surface area (Å²) in [5, 5.41) is 9.94. The van der Waals surface area contributed by atoms with Gasteiger partial charge in [-0.15, -0.1) is 0 Å². The van der Waals surface area contributed by atoms with E-state index in [4.69, 9.17) is 4.74 Å². The molecule has 0 aliphatic carbocycles. The van der Waals surface area contributed by atoms with Gasteiger partial charge >= 0.3 is 0 Å². The summed E-state index contributed by atoms with van der Waals surface area (Å²) in [5.74, 6) is 0.856. The highest BCUT2D eigenvalue weighted by Crippen LogP contribution is 2.34. The number of amides is 1. The zero-order chi connectivity index (χ0) is 22.1. The van der Waals surface area contributed by atoms with E-state index in [-0.39, 0.29) is 17.6 Å². The van der Waals surface area contributed by atoms with E-state index in [0.29, 0.717) is 18.7 Å². The van der Waals surface area contributed by atoms with Crippen molar-refractivity contribution >= 4 is 5.91 Å². The van der Waals surface area contributed by atoms with Gasteiger partial charge in [-0.1, -0.05) is 42.5 Å². The number of hydrogen-bond donors (Lipinski definition) is 2. The van der Waals surface area contributed by atoms with Crippen LogP contribution in [0.15, 0.2) is 79.1 Å². The number of nitrogens with one attached hydrogen (secondary N) is 1. The summed E-state index contributed by atoms with van der Waals surface area (Å²) >= 11 is 0. The van der Waals surface area contributed by atoms with Gasteiger partial charge in [0.2, 0.25) is 0 Å². The molecule has 5 rings (SSSR count). The number of hydrogen-bond acceptors (Lipinski definition) is 4. The number of aromatic amines is 1. The van der Waals surface area contributed by atoms with Gasteiger partial charge in [0.15, 0.2) is 0 Å². The molecule has 1 unspecified atom stereocenters. The van der Waals surface area contributed by atoms with Gasteiger partial charge in [0.1, 0.15) is 11.5 Å². The van der Waals surface area contributed by atoms with Crippen molar-refractivity contribution in [3.8, 4) is 22.6 Å². The zero-order valence-electron chi connectivity index (χ0n) is 17.7. The summed E-state index contributed by atoms with van der Waals surface area (Å²) in [6.45, 7) is 0.964. The Balaban J connectivity index is 1.42. The first-order valence-corrected chi connectivity index (χ1v) is 10.5. The monoisotopic (exact) mass is 425 g/mol. The molecule has 2 N–H and O–H groups in total. The van der Waals surface area contributed by atoms with E-state index < -0.39 is 0 Å². The molecule has 1 amide bonds. The van der Waals surface area contributed by atoms with Crippen LogP contribution in [0.1, 0.15) is 33.2 Å². The van der Waals surface area contributed by atoms with Crippen molar-refractivity contribution in [2.75, 3.05) is 13.7 Å². The lowest BCUT2D eigenvalue weighted by Gasteiger charge is -2.32. The number of phenolic OH excluding ortho intramolecular Hbond substituents is 1. The highest BCUT2D eigenvalue weighted by atomic mass is 16.5. The average molecular weight is 425 g/mol. The lowest BCUT2D eigenvalue weighted by Crippen LogP contribution is -2.38. The Bertz CT molecular complexity index is 1260. The first-order chi connectivity index (χ1) is 15.6. The summed E-state index contributed by atoms with van der Waals surface area (Å²) in [4.78, 5) is 22.8. The van der Waals surface area contributed by atoms with Crippen molar-refractivity contribution in [2.45, 2.75) is 12.5 Å². The Morgan fingerprint density at radius 1 is 1.09 bits per heavy atom. The van der Waals surface area contributed by atoms with Crippen molar-refractivity contribution in [1.29, 1.82) is 0 Å². The molecule has 0 radical (unpaired) electrons. The third kappa shape index (κ3) is 3.60. The quantitative estimate of drug-likeness (QED) is 0.502. The Kier molecular flexibility index (Phi) is 5.11. The van der Waals surface area contributed by atoms with Gasteiger partial charge in [-0.2, -0.15) is 0 Å². The summed E-state index contributed by atoms with van der Waals surface area (Å²) in [6.07, 6.45) is 1.66. The predicted octanol–water partition coefficient (Wildman–Crippen LogP) is 4.58. The maximum atomic E-state index is 13.4. The smallest absolute Gasteiger partial charge is 0.254 e. The summed E-state index contributed by atoms with van der Waals surface area (Å²) in [5.41, 5.74) is 5.38. The second-order valence-corrected chi connectivity index (χ2v) is 7.88. The Morgan fingerprint density at radius 3 is 2.69 bits per heavy atom. The number of imidazole rings is 1. The van der Waals surface area contributed by atoms with E-state index in [1.807, 2.05) is 65.6 Å². The van der Waals surface area contributed by atoms with Crippen LogP contribution >= 0.6 is 0 Å². The maximum Gasteiger partial charge on any atom is 0.254 e. The number of methoxy groups -OCH3 is 1. The Labute approximate surface area is 186 Å². The van der Waals surface area contributed by atoms with Crippen LogP contribution in [0.3, 0.4) is 0 Å². The number of phenols is 1. The van der Waals surface area contributed by atoms with Crippen LogP contribution < -0.4 is 4.74 Å². The first-order valence-electron chi connectivity index (χ1n) is 10.5. The number of aromatic hydroxyl groups is 1. The van der Waals surface area contributed by atoms with Crippen molar-refractivity contribution in [2.24, 2.45) is 0 Å². The molecule has 0 fully saturated rings. The number of para-hydroxylation sites is 1. The molecule has 0 bridgehead atoms. The molecule has 2 heterocycles. The molecule has 6 nitrogen and oxygen atoms in total. The van der Waals surface area contributed by atoms with Crippen LogP contribution in [0.2, 0.25) is 0 Å². The van der Waals surface area contributed by atoms with Crippen LogP contribution in [-0.2, 0) is 6.54 Å². The van der Waals surface area contributed by atoms with Crippen LogP contribution in [0, 0.1) is 0 Å². The minimum atomic E-state index is -0.103.